The van der Waals surface area contributed by atoms with Crippen LogP contribution < -0.4 is 10.2 Å². The van der Waals surface area contributed by atoms with Gasteiger partial charge >= 0.3 is 0 Å². The van der Waals surface area contributed by atoms with Crippen LogP contribution in [0.4, 0.5) is 10.1 Å². The summed E-state index contributed by atoms with van der Waals surface area (Å²) in [5, 5.41) is 3.45. The summed E-state index contributed by atoms with van der Waals surface area (Å²) in [4.78, 5) is 2.14. The molecule has 0 unspecified atom stereocenters. The van der Waals surface area contributed by atoms with Gasteiger partial charge in [-0.3, -0.25) is 0 Å². The molecule has 1 aliphatic rings. The number of benzene rings is 1. The highest BCUT2D eigenvalue weighted by Gasteiger charge is 2.20. The van der Waals surface area contributed by atoms with Crippen LogP contribution in [0.3, 0.4) is 0 Å². The first-order valence-electron chi connectivity index (χ1n) is 6.59. The fraction of sp³-hybridized carbons (Fsp3) is 0.467. The maximum atomic E-state index is 13.2. The zero-order chi connectivity index (χ0) is 13.0. The van der Waals surface area contributed by atoms with Crippen molar-refractivity contribution in [3.05, 3.63) is 42.2 Å². The smallest absolute Gasteiger partial charge is 0.125 e. The predicted molar refractivity (Wildman–Crippen MR) is 74.5 cm³/mol. The van der Waals surface area contributed by atoms with Gasteiger partial charge in [-0.05, 0) is 43.5 Å². The highest BCUT2D eigenvalue weighted by Crippen LogP contribution is 2.19. The number of nitrogens with one attached hydrogen (secondary N) is 1. The highest BCUT2D eigenvalue weighted by atomic mass is 19.1. The first-order valence-corrected chi connectivity index (χ1v) is 6.59. The van der Waals surface area contributed by atoms with E-state index in [0.717, 1.165) is 30.9 Å². The molecule has 2 nitrogen and oxygen atoms in total. The van der Waals surface area contributed by atoms with Crippen molar-refractivity contribution in [1.82, 2.24) is 5.32 Å². The van der Waals surface area contributed by atoms with E-state index >= 15 is 0 Å². The third-order valence-electron chi connectivity index (χ3n) is 3.19. The van der Waals surface area contributed by atoms with Crippen molar-refractivity contribution in [2.45, 2.75) is 25.8 Å². The minimum atomic E-state index is -0.187. The Morgan fingerprint density at radius 1 is 1.50 bits per heavy atom. The van der Waals surface area contributed by atoms with Crippen LogP contribution in [0.25, 0.3) is 0 Å². The minimum absolute atomic E-state index is 0.187. The molecule has 0 saturated heterocycles. The molecule has 1 saturated carbocycles. The molecule has 0 heterocycles. The number of rotatable bonds is 7. The van der Waals surface area contributed by atoms with Gasteiger partial charge in [-0.25, -0.2) is 4.39 Å². The topological polar surface area (TPSA) is 15.3 Å². The van der Waals surface area contributed by atoms with E-state index in [0.29, 0.717) is 6.04 Å². The SMILES string of the molecule is C=C(CNC1CC1)CN(CC)c1cccc(F)c1. The number of likely N-dealkylation sites (N-methyl/N-ethyl adjacent to an activating group) is 1. The van der Waals surface area contributed by atoms with Gasteiger partial charge in [0.25, 0.3) is 0 Å². The molecule has 0 spiro atoms. The highest BCUT2D eigenvalue weighted by molar-refractivity contribution is 5.47. The fourth-order valence-electron chi connectivity index (χ4n) is 1.96. The third-order valence-corrected chi connectivity index (χ3v) is 3.19. The number of anilines is 1. The zero-order valence-corrected chi connectivity index (χ0v) is 11.0. The van der Waals surface area contributed by atoms with E-state index in [4.69, 9.17) is 0 Å². The third kappa shape index (κ3) is 3.84. The first-order chi connectivity index (χ1) is 8.69. The van der Waals surface area contributed by atoms with Crippen LogP contribution in [0.2, 0.25) is 0 Å². The second-order valence-corrected chi connectivity index (χ2v) is 4.90. The summed E-state index contributed by atoms with van der Waals surface area (Å²) >= 11 is 0. The molecule has 3 heteroatoms. The van der Waals surface area contributed by atoms with Crippen LogP contribution in [0.1, 0.15) is 19.8 Å². The zero-order valence-electron chi connectivity index (χ0n) is 11.0. The Morgan fingerprint density at radius 2 is 2.28 bits per heavy atom. The molecule has 1 aliphatic carbocycles. The quantitative estimate of drug-likeness (QED) is 0.746. The molecule has 2 rings (SSSR count). The lowest BCUT2D eigenvalue weighted by Crippen LogP contribution is -2.29. The summed E-state index contributed by atoms with van der Waals surface area (Å²) < 4.78 is 13.2. The van der Waals surface area contributed by atoms with Crippen LogP contribution in [0, 0.1) is 5.82 Å². The molecule has 0 bridgehead atoms. The number of nitrogens with zero attached hydrogens (tertiary/aromatic N) is 1. The van der Waals surface area contributed by atoms with E-state index in [2.05, 4.69) is 23.7 Å². The minimum Gasteiger partial charge on any atom is -0.368 e. The number of halogens is 1. The Morgan fingerprint density at radius 3 is 2.89 bits per heavy atom. The Balaban J connectivity index is 1.89. The van der Waals surface area contributed by atoms with Crippen molar-refractivity contribution in [3.8, 4) is 0 Å². The molecule has 98 valence electrons. The largest absolute Gasteiger partial charge is 0.368 e. The second-order valence-electron chi connectivity index (χ2n) is 4.90. The van der Waals surface area contributed by atoms with Gasteiger partial charge in [0.15, 0.2) is 0 Å². The average molecular weight is 248 g/mol. The molecule has 0 aromatic heterocycles. The monoisotopic (exact) mass is 248 g/mol. The molecule has 0 aliphatic heterocycles. The van der Waals surface area contributed by atoms with E-state index in [9.17, 15) is 4.39 Å². The molecule has 1 aromatic rings. The van der Waals surface area contributed by atoms with Crippen molar-refractivity contribution in [2.24, 2.45) is 0 Å². The van der Waals surface area contributed by atoms with E-state index in [-0.39, 0.29) is 5.82 Å². The summed E-state index contributed by atoms with van der Waals surface area (Å²) in [7, 11) is 0. The van der Waals surface area contributed by atoms with Gasteiger partial charge in [0.05, 0.1) is 0 Å². The molecule has 0 amide bonds. The van der Waals surface area contributed by atoms with Crippen LogP contribution in [0.5, 0.6) is 0 Å². The average Bonchev–Trinajstić information content (AvgIpc) is 3.17. The Labute approximate surface area is 108 Å². The maximum Gasteiger partial charge on any atom is 0.125 e. The molecule has 0 atom stereocenters. The van der Waals surface area contributed by atoms with Crippen LogP contribution in [-0.2, 0) is 0 Å². The van der Waals surface area contributed by atoms with Crippen LogP contribution >= 0.6 is 0 Å². The van der Waals surface area contributed by atoms with Crippen molar-refractivity contribution >= 4 is 5.69 Å². The Hall–Kier alpha value is -1.35. The molecule has 18 heavy (non-hydrogen) atoms. The van der Waals surface area contributed by atoms with Crippen molar-refractivity contribution in [2.75, 3.05) is 24.5 Å². The molecule has 0 radical (unpaired) electrons. The Kier molecular flexibility index (Phi) is 4.37. The van der Waals surface area contributed by atoms with E-state index in [1.165, 1.54) is 18.9 Å². The standard InChI is InChI=1S/C15H21FN2/c1-3-18(15-6-4-5-13(16)9-15)11-12(2)10-17-14-7-8-14/h4-6,9,14,17H,2-3,7-8,10-11H2,1H3. The van der Waals surface area contributed by atoms with Crippen LogP contribution in [0.15, 0.2) is 36.4 Å². The lowest BCUT2D eigenvalue weighted by atomic mass is 10.2. The number of hydrogen-bond acceptors (Lipinski definition) is 2. The molecular formula is C15H21FN2. The van der Waals surface area contributed by atoms with Gasteiger partial charge in [0, 0.05) is 31.4 Å². The van der Waals surface area contributed by atoms with E-state index in [1.807, 2.05) is 6.07 Å². The van der Waals surface area contributed by atoms with Crippen molar-refractivity contribution < 1.29 is 4.39 Å². The predicted octanol–water partition coefficient (Wildman–Crippen LogP) is 2.96. The summed E-state index contributed by atoms with van der Waals surface area (Å²) in [6.07, 6.45) is 2.57. The lowest BCUT2D eigenvalue weighted by Gasteiger charge is -2.24. The molecule has 1 N–H and O–H groups in total. The van der Waals surface area contributed by atoms with E-state index in [1.54, 1.807) is 12.1 Å². The van der Waals surface area contributed by atoms with Gasteiger partial charge in [0.2, 0.25) is 0 Å². The fourth-order valence-corrected chi connectivity index (χ4v) is 1.96. The van der Waals surface area contributed by atoms with Gasteiger partial charge in [-0.2, -0.15) is 0 Å². The molecular weight excluding hydrogens is 227 g/mol. The summed E-state index contributed by atoms with van der Waals surface area (Å²) in [5.74, 6) is -0.187. The van der Waals surface area contributed by atoms with Crippen molar-refractivity contribution in [1.29, 1.82) is 0 Å². The Bertz CT molecular complexity index is 413. The van der Waals surface area contributed by atoms with Crippen LogP contribution in [-0.4, -0.2) is 25.7 Å². The molecule has 1 aromatic carbocycles. The first kappa shape index (κ1) is 13.1. The second kappa shape index (κ2) is 6.01. The van der Waals surface area contributed by atoms with Gasteiger partial charge < -0.3 is 10.2 Å². The maximum absolute atomic E-state index is 13.2. The van der Waals surface area contributed by atoms with Gasteiger partial charge in [-0.15, -0.1) is 0 Å². The summed E-state index contributed by atoms with van der Waals surface area (Å²) in [6.45, 7) is 8.66. The van der Waals surface area contributed by atoms with E-state index < -0.39 is 0 Å². The molecule has 1 fully saturated rings. The van der Waals surface area contributed by atoms with Gasteiger partial charge in [0.1, 0.15) is 5.82 Å². The number of hydrogen-bond donors (Lipinski definition) is 1. The summed E-state index contributed by atoms with van der Waals surface area (Å²) in [5.41, 5.74) is 2.07. The summed E-state index contributed by atoms with van der Waals surface area (Å²) in [6, 6.07) is 7.43. The normalized spacial score (nSPS) is 14.6. The van der Waals surface area contributed by atoms with Crippen molar-refractivity contribution in [3.63, 3.8) is 0 Å². The lowest BCUT2D eigenvalue weighted by molar-refractivity contribution is 0.626. The van der Waals surface area contributed by atoms with Gasteiger partial charge in [-0.1, -0.05) is 12.6 Å².